The molecule has 196 valence electrons. The number of aromatic nitrogens is 5. The van der Waals surface area contributed by atoms with E-state index in [1.807, 2.05) is 19.2 Å². The van der Waals surface area contributed by atoms with E-state index in [0.29, 0.717) is 28.6 Å². The van der Waals surface area contributed by atoms with Gasteiger partial charge in [0.2, 0.25) is 0 Å². The van der Waals surface area contributed by atoms with Crippen LogP contribution in [0, 0.1) is 26.6 Å². The van der Waals surface area contributed by atoms with Crippen LogP contribution in [0.2, 0.25) is 5.02 Å². The van der Waals surface area contributed by atoms with Crippen LogP contribution in [-0.2, 0) is 6.61 Å². The molecular weight excluding hydrogens is 505 g/mol. The van der Waals surface area contributed by atoms with Crippen molar-refractivity contribution in [2.24, 2.45) is 0 Å². The minimum atomic E-state index is -0.470. The van der Waals surface area contributed by atoms with Crippen molar-refractivity contribution in [3.05, 3.63) is 91.9 Å². The maximum Gasteiger partial charge on any atom is 0.277 e. The fraction of sp³-hybridized carbons (Fsp3) is 0.345. The Kier molecular flexibility index (Phi) is 7.01. The molecular formula is C29H29ClFN5O2. The van der Waals surface area contributed by atoms with Crippen LogP contribution in [0.5, 0.6) is 5.75 Å². The van der Waals surface area contributed by atoms with Crippen LogP contribution in [-0.4, -0.2) is 24.5 Å². The summed E-state index contributed by atoms with van der Waals surface area (Å²) in [6.45, 7) is 9.41. The number of rotatable bonds is 7. The van der Waals surface area contributed by atoms with Crippen molar-refractivity contribution in [2.75, 3.05) is 0 Å². The van der Waals surface area contributed by atoms with Crippen LogP contribution in [0.3, 0.4) is 0 Å². The lowest BCUT2D eigenvalue weighted by Gasteiger charge is -2.17. The summed E-state index contributed by atoms with van der Waals surface area (Å²) >= 11 is 6.48. The highest BCUT2D eigenvalue weighted by Crippen LogP contribution is 2.43. The van der Waals surface area contributed by atoms with Crippen LogP contribution in [0.15, 0.2) is 41.6 Å². The van der Waals surface area contributed by atoms with E-state index in [1.54, 1.807) is 36.9 Å². The van der Waals surface area contributed by atoms with Crippen molar-refractivity contribution in [3.63, 3.8) is 0 Å². The van der Waals surface area contributed by atoms with Gasteiger partial charge < -0.3 is 4.74 Å². The molecule has 9 heteroatoms. The van der Waals surface area contributed by atoms with Gasteiger partial charge in [-0.2, -0.15) is 0 Å². The fourth-order valence-corrected chi connectivity index (χ4v) is 4.56. The van der Waals surface area contributed by atoms with Crippen LogP contribution >= 0.6 is 11.6 Å². The van der Waals surface area contributed by atoms with E-state index in [1.165, 1.54) is 6.07 Å². The normalized spacial score (nSPS) is 13.3. The summed E-state index contributed by atoms with van der Waals surface area (Å²) in [5.41, 5.74) is 5.05. The van der Waals surface area contributed by atoms with E-state index in [4.69, 9.17) is 21.3 Å². The molecule has 0 amide bonds. The molecule has 7 nitrogen and oxygen atoms in total. The van der Waals surface area contributed by atoms with Crippen molar-refractivity contribution in [2.45, 2.75) is 65.9 Å². The van der Waals surface area contributed by atoms with Gasteiger partial charge in [0, 0.05) is 41.8 Å². The van der Waals surface area contributed by atoms with E-state index in [9.17, 15) is 9.18 Å². The molecule has 0 saturated heterocycles. The molecule has 0 radical (unpaired) electrons. The first kappa shape index (κ1) is 26.0. The molecule has 0 N–H and O–H groups in total. The van der Waals surface area contributed by atoms with Gasteiger partial charge in [-0.05, 0) is 62.8 Å². The maximum atomic E-state index is 14.2. The first-order valence-corrected chi connectivity index (χ1v) is 13.0. The lowest BCUT2D eigenvalue weighted by Crippen LogP contribution is -2.23. The summed E-state index contributed by atoms with van der Waals surface area (Å²) in [5.74, 6) is 1.06. The SMILES string of the molecule is Cc1cnc(COc2cc(C)n(-c3cc(-c4nc(C(C)C)ncc4C4CC4)ncc3C)c(=O)c2Cl)c(F)c1. The van der Waals surface area contributed by atoms with E-state index < -0.39 is 11.4 Å². The summed E-state index contributed by atoms with van der Waals surface area (Å²) in [6, 6.07) is 4.94. The molecule has 4 heterocycles. The van der Waals surface area contributed by atoms with E-state index >= 15 is 0 Å². The Morgan fingerprint density at radius 1 is 1.08 bits per heavy atom. The second kappa shape index (κ2) is 10.3. The third-order valence-corrected chi connectivity index (χ3v) is 6.99. The lowest BCUT2D eigenvalue weighted by atomic mass is 10.1. The minimum absolute atomic E-state index is 0.0938. The third-order valence-electron chi connectivity index (χ3n) is 6.65. The minimum Gasteiger partial charge on any atom is -0.485 e. The van der Waals surface area contributed by atoms with Crippen LogP contribution in [0.25, 0.3) is 17.1 Å². The van der Waals surface area contributed by atoms with Crippen molar-refractivity contribution >= 4 is 11.6 Å². The quantitative estimate of drug-likeness (QED) is 0.274. The molecule has 1 fully saturated rings. The zero-order valence-electron chi connectivity index (χ0n) is 22.0. The van der Waals surface area contributed by atoms with Crippen LogP contribution < -0.4 is 10.3 Å². The Morgan fingerprint density at radius 2 is 1.84 bits per heavy atom. The number of aryl methyl sites for hydroxylation is 3. The van der Waals surface area contributed by atoms with Crippen molar-refractivity contribution in [3.8, 4) is 22.8 Å². The van der Waals surface area contributed by atoms with E-state index in [-0.39, 0.29) is 29.0 Å². The van der Waals surface area contributed by atoms with Gasteiger partial charge in [-0.1, -0.05) is 25.4 Å². The van der Waals surface area contributed by atoms with Gasteiger partial charge in [0.15, 0.2) is 0 Å². The fourth-order valence-electron chi connectivity index (χ4n) is 4.36. The predicted molar refractivity (Wildman–Crippen MR) is 145 cm³/mol. The zero-order valence-corrected chi connectivity index (χ0v) is 22.8. The number of nitrogens with zero attached hydrogens (tertiary/aromatic N) is 5. The van der Waals surface area contributed by atoms with Gasteiger partial charge in [-0.15, -0.1) is 0 Å². The van der Waals surface area contributed by atoms with E-state index in [0.717, 1.165) is 35.5 Å². The Balaban J connectivity index is 1.54. The number of halogens is 2. The Morgan fingerprint density at radius 3 is 2.53 bits per heavy atom. The van der Waals surface area contributed by atoms with Crippen LogP contribution in [0.4, 0.5) is 4.39 Å². The standard InChI is InChI=1S/C29H29ClFN5O2/c1-15(2)28-34-13-20(19-6-7-19)27(35-28)22-10-24(17(4)12-33-22)36-18(5)9-25(26(30)29(36)37)38-14-23-21(31)8-16(3)11-32-23/h8-13,15,19H,6-7,14H2,1-5H3. The molecule has 5 rings (SSSR count). The lowest BCUT2D eigenvalue weighted by molar-refractivity contribution is 0.293. The third kappa shape index (κ3) is 5.05. The smallest absolute Gasteiger partial charge is 0.277 e. The second-order valence-electron chi connectivity index (χ2n) is 10.2. The molecule has 0 bridgehead atoms. The van der Waals surface area contributed by atoms with Crippen molar-refractivity contribution in [1.82, 2.24) is 24.5 Å². The summed E-state index contributed by atoms with van der Waals surface area (Å²) in [5, 5.41) is -0.0938. The summed E-state index contributed by atoms with van der Waals surface area (Å²) in [7, 11) is 0. The largest absolute Gasteiger partial charge is 0.485 e. The molecule has 4 aromatic rings. The molecule has 38 heavy (non-hydrogen) atoms. The number of pyridine rings is 3. The Bertz CT molecular complexity index is 1600. The molecule has 1 saturated carbocycles. The highest BCUT2D eigenvalue weighted by atomic mass is 35.5. The van der Waals surface area contributed by atoms with Crippen LogP contribution in [0.1, 0.15) is 72.4 Å². The first-order valence-electron chi connectivity index (χ1n) is 12.6. The molecule has 1 aliphatic carbocycles. The van der Waals surface area contributed by atoms with Gasteiger partial charge in [-0.25, -0.2) is 14.4 Å². The molecule has 0 aliphatic heterocycles. The monoisotopic (exact) mass is 533 g/mol. The summed E-state index contributed by atoms with van der Waals surface area (Å²) in [4.78, 5) is 31.7. The van der Waals surface area contributed by atoms with Crippen molar-refractivity contribution < 1.29 is 9.13 Å². The van der Waals surface area contributed by atoms with Gasteiger partial charge in [0.05, 0.1) is 17.1 Å². The van der Waals surface area contributed by atoms with E-state index in [2.05, 4.69) is 28.8 Å². The van der Waals surface area contributed by atoms with Gasteiger partial charge >= 0.3 is 0 Å². The van der Waals surface area contributed by atoms with Gasteiger partial charge in [0.25, 0.3) is 5.56 Å². The Labute approximate surface area is 225 Å². The van der Waals surface area contributed by atoms with Gasteiger partial charge in [0.1, 0.15) is 34.7 Å². The molecule has 0 atom stereocenters. The molecule has 1 aliphatic rings. The predicted octanol–water partition coefficient (Wildman–Crippen LogP) is 6.38. The van der Waals surface area contributed by atoms with Crippen molar-refractivity contribution in [1.29, 1.82) is 0 Å². The number of ether oxygens (including phenoxy) is 1. The first-order chi connectivity index (χ1) is 18.1. The zero-order chi connectivity index (χ0) is 27.1. The summed E-state index contributed by atoms with van der Waals surface area (Å²) in [6.07, 6.45) is 7.44. The topological polar surface area (TPSA) is 82.8 Å². The summed E-state index contributed by atoms with van der Waals surface area (Å²) < 4.78 is 21.5. The average Bonchev–Trinajstić information content (AvgIpc) is 3.72. The number of hydrogen-bond donors (Lipinski definition) is 0. The highest BCUT2D eigenvalue weighted by Gasteiger charge is 2.29. The second-order valence-corrected chi connectivity index (χ2v) is 10.5. The number of hydrogen-bond acceptors (Lipinski definition) is 6. The molecule has 0 spiro atoms. The molecule has 4 aromatic heterocycles. The molecule has 0 aromatic carbocycles. The maximum absolute atomic E-state index is 14.2. The van der Waals surface area contributed by atoms with Gasteiger partial charge in [-0.3, -0.25) is 19.3 Å². The Hall–Kier alpha value is -3.65. The molecule has 0 unspecified atom stereocenters. The average molecular weight is 534 g/mol. The highest BCUT2D eigenvalue weighted by molar-refractivity contribution is 6.31.